The minimum Gasteiger partial charge on any atom is -0.780 e. The van der Waals surface area contributed by atoms with E-state index in [0.717, 1.165) is 0 Å². The van der Waals surface area contributed by atoms with Gasteiger partial charge >= 0.3 is 5.97 Å². The monoisotopic (exact) mass is 560 g/mol. The summed E-state index contributed by atoms with van der Waals surface area (Å²) in [6.07, 6.45) is 0. The van der Waals surface area contributed by atoms with Crippen LogP contribution in [0.4, 0.5) is 17.6 Å². The maximum Gasteiger partial charge on any atom is 0.340 e. The Morgan fingerprint density at radius 3 is 1.68 bits per heavy atom. The second kappa shape index (κ2) is 8.02. The zero-order valence-corrected chi connectivity index (χ0v) is 19.1. The van der Waals surface area contributed by atoms with Crippen LogP contribution in [0.2, 0.25) is 0 Å². The van der Waals surface area contributed by atoms with Gasteiger partial charge in [-0.15, -0.1) is 0 Å². The molecule has 17 heteroatoms. The standard InChI is InChI=1S/C20H10F4O11P2/c21-11-5-9-15(13(23)17(11)34-36(26,27)28)32-16-10(6-12(22)18(14(16)24)35-37(29,30)31)20(9)8-4-2-1-3-7(8)19(25)33-20/h1-6H,(H2,26,27,28)(H2,29,30,31)/p-4. The van der Waals surface area contributed by atoms with Gasteiger partial charge in [-0.3, -0.25) is 0 Å². The van der Waals surface area contributed by atoms with Crippen molar-refractivity contribution in [2.75, 3.05) is 0 Å². The summed E-state index contributed by atoms with van der Waals surface area (Å²) in [6, 6.07) is 5.83. The fraction of sp³-hybridized carbons (Fsp3) is 0.0500. The third kappa shape index (κ3) is 3.87. The van der Waals surface area contributed by atoms with E-state index in [1.807, 2.05) is 0 Å². The molecule has 0 saturated heterocycles. The molecule has 11 nitrogen and oxygen atoms in total. The zero-order chi connectivity index (χ0) is 27.1. The molecule has 3 aromatic carbocycles. The van der Waals surface area contributed by atoms with Crippen LogP contribution >= 0.6 is 15.6 Å². The van der Waals surface area contributed by atoms with Crippen molar-refractivity contribution >= 4 is 21.6 Å². The number of fused-ring (bicyclic) bond motifs is 6. The highest BCUT2D eigenvalue weighted by molar-refractivity contribution is 7.43. The van der Waals surface area contributed by atoms with Crippen LogP contribution in [0.3, 0.4) is 0 Å². The highest BCUT2D eigenvalue weighted by Crippen LogP contribution is 2.60. The number of esters is 1. The lowest BCUT2D eigenvalue weighted by Gasteiger charge is -2.38. The first-order chi connectivity index (χ1) is 17.1. The second-order valence-corrected chi connectivity index (χ2v) is 9.71. The number of benzene rings is 3. The number of rotatable bonds is 4. The maximum atomic E-state index is 15.3. The second-order valence-electron chi connectivity index (χ2n) is 7.55. The highest BCUT2D eigenvalue weighted by Gasteiger charge is 2.56. The average molecular weight is 560 g/mol. The van der Waals surface area contributed by atoms with Crippen molar-refractivity contribution in [3.8, 4) is 23.0 Å². The van der Waals surface area contributed by atoms with E-state index in [-0.39, 0.29) is 11.1 Å². The first-order valence-corrected chi connectivity index (χ1v) is 12.5. The summed E-state index contributed by atoms with van der Waals surface area (Å²) in [7, 11) is -12.1. The van der Waals surface area contributed by atoms with E-state index >= 15 is 8.78 Å². The lowest BCUT2D eigenvalue weighted by Crippen LogP contribution is -2.34. The molecule has 0 unspecified atom stereocenters. The molecule has 1 spiro atoms. The molecule has 0 atom stereocenters. The summed E-state index contributed by atoms with van der Waals surface area (Å²) in [5.74, 6) is -14.8. The molecule has 0 N–H and O–H groups in total. The minimum atomic E-state index is -6.05. The van der Waals surface area contributed by atoms with Crippen molar-refractivity contribution in [3.05, 3.63) is 81.9 Å². The molecular formula is C20H6F4O11P2-4. The van der Waals surface area contributed by atoms with Gasteiger partial charge in [0.25, 0.3) is 0 Å². The Labute approximate surface area is 202 Å². The van der Waals surface area contributed by atoms with Gasteiger partial charge in [0, 0.05) is 5.56 Å². The van der Waals surface area contributed by atoms with E-state index in [4.69, 9.17) is 9.47 Å². The molecule has 3 aromatic rings. The van der Waals surface area contributed by atoms with Gasteiger partial charge in [0.05, 0.1) is 16.7 Å². The Bertz CT molecular complexity index is 1530. The van der Waals surface area contributed by atoms with Gasteiger partial charge in [0.1, 0.15) is 15.6 Å². The number of carbonyl (C=O) groups excluding carboxylic acids is 1. The third-order valence-corrected chi connectivity index (χ3v) is 6.22. The molecule has 0 amide bonds. The average Bonchev–Trinajstić information content (AvgIpc) is 3.08. The molecule has 37 heavy (non-hydrogen) atoms. The summed E-state index contributed by atoms with van der Waals surface area (Å²) < 4.78 is 100. The first kappa shape index (κ1) is 25.2. The Morgan fingerprint density at radius 2 is 1.22 bits per heavy atom. The topological polar surface area (TPSA) is 180 Å². The molecule has 2 aliphatic heterocycles. The van der Waals surface area contributed by atoms with Crippen molar-refractivity contribution in [1.29, 1.82) is 0 Å². The van der Waals surface area contributed by atoms with Crippen molar-refractivity contribution < 1.29 is 69.6 Å². The SMILES string of the molecule is O=C1OC2(c3ccccc31)c1cc(F)c(OP(=O)([O-])[O-])c(F)c1Oc1c2cc(F)c(OP(=O)([O-])[O-])c1F. The zero-order valence-electron chi connectivity index (χ0n) is 17.4. The van der Waals surface area contributed by atoms with E-state index in [1.54, 1.807) is 0 Å². The van der Waals surface area contributed by atoms with Crippen LogP contribution in [0.25, 0.3) is 0 Å². The summed E-state index contributed by atoms with van der Waals surface area (Å²) in [4.78, 5) is 56.7. The van der Waals surface area contributed by atoms with E-state index in [1.165, 1.54) is 24.3 Å². The fourth-order valence-electron chi connectivity index (χ4n) is 4.15. The molecule has 5 rings (SSSR count). The Balaban J connectivity index is 1.89. The lowest BCUT2D eigenvalue weighted by molar-refractivity contribution is -0.336. The van der Waals surface area contributed by atoms with Crippen LogP contribution in [0, 0.1) is 23.3 Å². The van der Waals surface area contributed by atoms with Gasteiger partial charge < -0.3 is 47.2 Å². The van der Waals surface area contributed by atoms with Gasteiger partial charge in [-0.2, -0.15) is 8.78 Å². The first-order valence-electron chi connectivity index (χ1n) is 9.63. The fourth-order valence-corrected chi connectivity index (χ4v) is 4.93. The van der Waals surface area contributed by atoms with Gasteiger partial charge in [0.15, 0.2) is 40.2 Å². The molecule has 194 valence electrons. The summed E-state index contributed by atoms with van der Waals surface area (Å²) in [6.45, 7) is 0. The summed E-state index contributed by atoms with van der Waals surface area (Å²) in [5.41, 5.74) is -4.47. The number of hydrogen-bond acceptors (Lipinski definition) is 11. The lowest BCUT2D eigenvalue weighted by atomic mass is 9.77. The van der Waals surface area contributed by atoms with Crippen LogP contribution < -0.4 is 33.4 Å². The van der Waals surface area contributed by atoms with E-state index in [2.05, 4.69) is 9.05 Å². The minimum absolute atomic E-state index is 0.206. The molecule has 2 aliphatic rings. The third-order valence-electron chi connectivity index (χ3n) is 5.40. The van der Waals surface area contributed by atoms with Gasteiger partial charge in [-0.1, -0.05) is 18.2 Å². The molecule has 0 saturated carbocycles. The number of hydrogen-bond donors (Lipinski definition) is 0. The van der Waals surface area contributed by atoms with Crippen LogP contribution in [-0.2, 0) is 19.5 Å². The van der Waals surface area contributed by atoms with Crippen LogP contribution in [0.1, 0.15) is 27.0 Å². The molecule has 0 fully saturated rings. The molecule has 0 aromatic heterocycles. The van der Waals surface area contributed by atoms with Crippen LogP contribution in [-0.4, -0.2) is 5.97 Å². The Kier molecular flexibility index (Phi) is 5.47. The van der Waals surface area contributed by atoms with E-state index in [9.17, 15) is 42.3 Å². The number of phosphoric acid groups is 2. The largest absolute Gasteiger partial charge is 0.780 e. The Morgan fingerprint density at radius 1 is 0.757 bits per heavy atom. The van der Waals surface area contributed by atoms with Crippen LogP contribution in [0.5, 0.6) is 23.0 Å². The highest BCUT2D eigenvalue weighted by atomic mass is 31.2. The summed E-state index contributed by atoms with van der Waals surface area (Å²) in [5, 5.41) is 0. The van der Waals surface area contributed by atoms with Gasteiger partial charge in [0.2, 0.25) is 11.6 Å². The van der Waals surface area contributed by atoms with Gasteiger partial charge in [-0.05, 0) is 18.2 Å². The van der Waals surface area contributed by atoms with Crippen molar-refractivity contribution in [3.63, 3.8) is 0 Å². The molecule has 0 radical (unpaired) electrons. The maximum absolute atomic E-state index is 15.3. The normalized spacial score (nSPS) is 15.4. The van der Waals surface area contributed by atoms with E-state index < -0.39 is 84.6 Å². The molecule has 2 heterocycles. The van der Waals surface area contributed by atoms with Gasteiger partial charge in [-0.25, -0.2) is 13.6 Å². The molecule has 0 aliphatic carbocycles. The van der Waals surface area contributed by atoms with Crippen molar-refractivity contribution in [1.82, 2.24) is 0 Å². The Hall–Kier alpha value is -3.45. The predicted octanol–water partition coefficient (Wildman–Crippen LogP) is 1.23. The summed E-state index contributed by atoms with van der Waals surface area (Å²) >= 11 is 0. The number of halogens is 4. The smallest absolute Gasteiger partial charge is 0.340 e. The predicted molar refractivity (Wildman–Crippen MR) is 101 cm³/mol. The quantitative estimate of drug-likeness (QED) is 0.254. The number of phosphoric ester groups is 2. The molecule has 0 bridgehead atoms. The molecular weight excluding hydrogens is 554 g/mol. The van der Waals surface area contributed by atoms with E-state index in [0.29, 0.717) is 12.1 Å². The van der Waals surface area contributed by atoms with Crippen LogP contribution in [0.15, 0.2) is 36.4 Å². The van der Waals surface area contributed by atoms with Crippen molar-refractivity contribution in [2.24, 2.45) is 0 Å². The number of carbonyl (C=O) groups is 1. The van der Waals surface area contributed by atoms with Crippen molar-refractivity contribution in [2.45, 2.75) is 5.60 Å². The number of ether oxygens (including phenoxy) is 2.